The summed E-state index contributed by atoms with van der Waals surface area (Å²) in [6.45, 7) is 0. The number of alkyl halides is 2. The number of carbonyl (C=O) groups excluding carboxylic acids is 1. The van der Waals surface area contributed by atoms with Crippen LogP contribution in [0.1, 0.15) is 10.4 Å². The van der Waals surface area contributed by atoms with Crippen LogP contribution in [0.3, 0.4) is 0 Å². The summed E-state index contributed by atoms with van der Waals surface area (Å²) in [5.74, 6) is -1.61. The van der Waals surface area contributed by atoms with E-state index in [1.165, 1.54) is 12.1 Å². The molecule has 6 heteroatoms. The average molecular weight is 293 g/mol. The van der Waals surface area contributed by atoms with E-state index < -0.39 is 16.2 Å². The number of halogens is 2. The molecule has 0 aliphatic carbocycles. The Labute approximate surface area is 99.4 Å². The SMILES string of the molecule is O=C(O)c1ccccc1NC(=O)C(Cl)Br. The number of carbonyl (C=O) groups is 2. The molecule has 0 heterocycles. The topological polar surface area (TPSA) is 66.4 Å². The molecule has 1 amide bonds. The zero-order valence-electron chi connectivity index (χ0n) is 7.41. The molecular weight excluding hydrogens is 285 g/mol. The monoisotopic (exact) mass is 291 g/mol. The largest absolute Gasteiger partial charge is 0.478 e. The molecule has 0 fully saturated rings. The summed E-state index contributed by atoms with van der Waals surface area (Å²) in [6.07, 6.45) is 0. The third kappa shape index (κ3) is 3.21. The summed E-state index contributed by atoms with van der Waals surface area (Å²) in [5.41, 5.74) is 0.246. The molecule has 15 heavy (non-hydrogen) atoms. The van der Waals surface area contributed by atoms with Crippen LogP contribution in [0.4, 0.5) is 5.69 Å². The van der Waals surface area contributed by atoms with Crippen molar-refractivity contribution in [2.75, 3.05) is 5.32 Å². The third-order valence-corrected chi connectivity index (χ3v) is 2.23. The molecule has 0 aromatic heterocycles. The number of amides is 1. The highest BCUT2D eigenvalue weighted by Crippen LogP contribution is 2.17. The fourth-order valence-electron chi connectivity index (χ4n) is 0.966. The second-order valence-electron chi connectivity index (χ2n) is 2.64. The first-order valence-electron chi connectivity index (χ1n) is 3.93. The number of nitrogens with one attached hydrogen (secondary N) is 1. The second-order valence-corrected chi connectivity index (χ2v) is 4.52. The number of hydrogen-bond donors (Lipinski definition) is 2. The van der Waals surface area contributed by atoms with Gasteiger partial charge >= 0.3 is 5.97 Å². The fraction of sp³-hybridized carbons (Fsp3) is 0.111. The molecule has 0 bridgehead atoms. The van der Waals surface area contributed by atoms with Gasteiger partial charge in [0.1, 0.15) is 0 Å². The number of anilines is 1. The summed E-state index contributed by atoms with van der Waals surface area (Å²) < 4.78 is -0.889. The molecule has 2 N–H and O–H groups in total. The van der Waals surface area contributed by atoms with Crippen molar-refractivity contribution in [2.45, 2.75) is 4.29 Å². The first kappa shape index (κ1) is 12.0. The number of aromatic carboxylic acids is 1. The van der Waals surface area contributed by atoms with Crippen LogP contribution in [0, 0.1) is 0 Å². The zero-order chi connectivity index (χ0) is 11.4. The van der Waals surface area contributed by atoms with Gasteiger partial charge in [0.15, 0.2) is 4.29 Å². The van der Waals surface area contributed by atoms with Crippen molar-refractivity contribution >= 4 is 45.1 Å². The molecule has 0 spiro atoms. The lowest BCUT2D eigenvalue weighted by Crippen LogP contribution is -2.19. The number of benzene rings is 1. The Morgan fingerprint density at radius 1 is 1.40 bits per heavy atom. The number of para-hydroxylation sites is 1. The molecule has 1 aromatic carbocycles. The van der Waals surface area contributed by atoms with Gasteiger partial charge in [0, 0.05) is 0 Å². The van der Waals surface area contributed by atoms with Gasteiger partial charge < -0.3 is 10.4 Å². The maximum atomic E-state index is 11.2. The van der Waals surface area contributed by atoms with E-state index in [9.17, 15) is 9.59 Å². The lowest BCUT2D eigenvalue weighted by Gasteiger charge is -2.08. The van der Waals surface area contributed by atoms with Gasteiger partial charge in [-0.2, -0.15) is 0 Å². The van der Waals surface area contributed by atoms with Crippen molar-refractivity contribution in [3.05, 3.63) is 29.8 Å². The van der Waals surface area contributed by atoms with E-state index in [0.29, 0.717) is 0 Å². The van der Waals surface area contributed by atoms with Gasteiger partial charge in [-0.1, -0.05) is 39.7 Å². The molecule has 1 unspecified atom stereocenters. The van der Waals surface area contributed by atoms with Gasteiger partial charge in [-0.05, 0) is 12.1 Å². The van der Waals surface area contributed by atoms with E-state index >= 15 is 0 Å². The Morgan fingerprint density at radius 2 is 2.00 bits per heavy atom. The van der Waals surface area contributed by atoms with Gasteiger partial charge in [-0.3, -0.25) is 4.79 Å². The minimum Gasteiger partial charge on any atom is -0.478 e. The molecule has 0 aliphatic heterocycles. The van der Waals surface area contributed by atoms with E-state index in [2.05, 4.69) is 21.2 Å². The lowest BCUT2D eigenvalue weighted by atomic mass is 10.2. The number of hydrogen-bond acceptors (Lipinski definition) is 2. The van der Waals surface area contributed by atoms with E-state index in [0.717, 1.165) is 0 Å². The van der Waals surface area contributed by atoms with Gasteiger partial charge in [0.25, 0.3) is 5.91 Å². The molecule has 0 radical (unpaired) electrons. The summed E-state index contributed by atoms with van der Waals surface area (Å²) in [5, 5.41) is 11.2. The Morgan fingerprint density at radius 3 is 2.53 bits per heavy atom. The summed E-state index contributed by atoms with van der Waals surface area (Å²) >= 11 is 8.33. The Kier molecular flexibility index (Phi) is 4.11. The number of carboxylic acid groups (broad SMARTS) is 1. The minimum absolute atomic E-state index is 0.0238. The highest BCUT2D eigenvalue weighted by Gasteiger charge is 2.15. The molecule has 1 aromatic rings. The van der Waals surface area contributed by atoms with Crippen molar-refractivity contribution in [1.82, 2.24) is 0 Å². The first-order chi connectivity index (χ1) is 7.02. The van der Waals surface area contributed by atoms with Crippen molar-refractivity contribution < 1.29 is 14.7 Å². The van der Waals surface area contributed by atoms with Crippen molar-refractivity contribution in [2.24, 2.45) is 0 Å². The first-order valence-corrected chi connectivity index (χ1v) is 5.29. The van der Waals surface area contributed by atoms with Crippen LogP contribution >= 0.6 is 27.5 Å². The summed E-state index contributed by atoms with van der Waals surface area (Å²) in [4.78, 5) is 22.0. The predicted octanol–water partition coefficient (Wildman–Crippen LogP) is 2.28. The Bertz CT molecular complexity index is 395. The van der Waals surface area contributed by atoms with Gasteiger partial charge in [0.2, 0.25) is 0 Å². The molecule has 0 aliphatic rings. The summed E-state index contributed by atoms with van der Waals surface area (Å²) in [7, 11) is 0. The molecule has 4 nitrogen and oxygen atoms in total. The van der Waals surface area contributed by atoms with Crippen molar-refractivity contribution in [3.63, 3.8) is 0 Å². The van der Waals surface area contributed by atoms with E-state index in [-0.39, 0.29) is 11.3 Å². The average Bonchev–Trinajstić information content (AvgIpc) is 2.18. The van der Waals surface area contributed by atoms with Crippen molar-refractivity contribution in [1.29, 1.82) is 0 Å². The molecule has 80 valence electrons. The highest BCUT2D eigenvalue weighted by atomic mass is 79.9. The molecule has 1 atom stereocenters. The second kappa shape index (κ2) is 5.14. The smallest absolute Gasteiger partial charge is 0.337 e. The van der Waals surface area contributed by atoms with Crippen LogP contribution in [-0.2, 0) is 4.79 Å². The van der Waals surface area contributed by atoms with E-state index in [1.54, 1.807) is 12.1 Å². The highest BCUT2D eigenvalue weighted by molar-refractivity contribution is 9.10. The Balaban J connectivity index is 2.94. The molecular formula is C9H7BrClNO3. The van der Waals surface area contributed by atoms with Crippen LogP contribution < -0.4 is 5.32 Å². The summed E-state index contributed by atoms with van der Waals surface area (Å²) in [6, 6.07) is 6.09. The zero-order valence-corrected chi connectivity index (χ0v) is 9.75. The van der Waals surface area contributed by atoms with E-state index in [1.807, 2.05) is 0 Å². The Hall–Kier alpha value is -1.07. The van der Waals surface area contributed by atoms with Crippen LogP contribution in [-0.4, -0.2) is 21.3 Å². The standard InChI is InChI=1S/C9H7BrClNO3/c10-7(11)8(13)12-6-4-2-1-3-5(6)9(14)15/h1-4,7H,(H,12,13)(H,14,15). The molecule has 0 saturated carbocycles. The van der Waals surface area contributed by atoms with Gasteiger partial charge in [-0.25, -0.2) is 4.79 Å². The van der Waals surface area contributed by atoms with Crippen molar-refractivity contribution in [3.8, 4) is 0 Å². The quantitative estimate of drug-likeness (QED) is 0.840. The molecule has 0 saturated heterocycles. The van der Waals surface area contributed by atoms with Crippen LogP contribution in [0.5, 0.6) is 0 Å². The number of rotatable bonds is 3. The minimum atomic E-state index is -1.11. The molecule has 1 rings (SSSR count). The lowest BCUT2D eigenvalue weighted by molar-refractivity contribution is -0.114. The third-order valence-electron chi connectivity index (χ3n) is 1.61. The fourth-order valence-corrected chi connectivity index (χ4v) is 1.13. The van der Waals surface area contributed by atoms with E-state index in [4.69, 9.17) is 16.7 Å². The number of carboxylic acids is 1. The maximum absolute atomic E-state index is 11.2. The van der Waals surface area contributed by atoms with Gasteiger partial charge in [0.05, 0.1) is 11.3 Å². The van der Waals surface area contributed by atoms with Gasteiger partial charge in [-0.15, -0.1) is 0 Å². The van der Waals surface area contributed by atoms with Crippen LogP contribution in [0.25, 0.3) is 0 Å². The van der Waals surface area contributed by atoms with Crippen LogP contribution in [0.2, 0.25) is 0 Å². The predicted molar refractivity (Wildman–Crippen MR) is 60.6 cm³/mol. The maximum Gasteiger partial charge on any atom is 0.337 e. The van der Waals surface area contributed by atoms with Crippen LogP contribution in [0.15, 0.2) is 24.3 Å². The normalized spacial score (nSPS) is 11.9.